The van der Waals surface area contributed by atoms with E-state index in [4.69, 9.17) is 21.4 Å². The van der Waals surface area contributed by atoms with Gasteiger partial charge in [-0.15, -0.1) is 0 Å². The molecule has 5 nitrogen and oxygen atoms in total. The van der Waals surface area contributed by atoms with Crippen LogP contribution >= 0.6 is 11.6 Å². The zero-order valence-corrected chi connectivity index (χ0v) is 15.6. The Bertz CT molecular complexity index is 964. The molecule has 0 aliphatic heterocycles. The molecule has 7 heteroatoms. The van der Waals surface area contributed by atoms with Crippen LogP contribution in [0.3, 0.4) is 0 Å². The van der Waals surface area contributed by atoms with E-state index in [1.807, 2.05) is 12.1 Å². The van der Waals surface area contributed by atoms with Crippen molar-refractivity contribution in [2.24, 2.45) is 0 Å². The van der Waals surface area contributed by atoms with E-state index >= 15 is 0 Å². The quantitative estimate of drug-likeness (QED) is 0.536. The summed E-state index contributed by atoms with van der Waals surface area (Å²) < 4.78 is 18.7. The maximum Gasteiger partial charge on any atom is 0.335 e. The van der Waals surface area contributed by atoms with Crippen molar-refractivity contribution in [3.63, 3.8) is 0 Å². The molecule has 1 heterocycles. The summed E-state index contributed by atoms with van der Waals surface area (Å²) in [5, 5.41) is 12.4. The number of hydrogen-bond acceptors (Lipinski definition) is 4. The highest BCUT2D eigenvalue weighted by atomic mass is 35.5. The van der Waals surface area contributed by atoms with Crippen molar-refractivity contribution in [2.75, 3.05) is 6.54 Å². The molecule has 3 rings (SSSR count). The number of aromatic carboxylic acids is 1. The van der Waals surface area contributed by atoms with Gasteiger partial charge in [0, 0.05) is 18.8 Å². The van der Waals surface area contributed by atoms with E-state index in [0.29, 0.717) is 24.7 Å². The summed E-state index contributed by atoms with van der Waals surface area (Å²) in [4.78, 5) is 15.2. The van der Waals surface area contributed by atoms with Crippen LogP contribution in [0.5, 0.6) is 11.6 Å². The Morgan fingerprint density at radius 1 is 1.14 bits per heavy atom. The van der Waals surface area contributed by atoms with E-state index in [1.165, 1.54) is 30.3 Å². The molecule has 0 atom stereocenters. The van der Waals surface area contributed by atoms with Crippen molar-refractivity contribution in [3.05, 3.63) is 88.3 Å². The topological polar surface area (TPSA) is 71.5 Å². The minimum atomic E-state index is -1.05. The Kier molecular flexibility index (Phi) is 6.57. The van der Waals surface area contributed by atoms with E-state index in [0.717, 1.165) is 17.5 Å². The van der Waals surface area contributed by atoms with Crippen LogP contribution in [-0.2, 0) is 13.0 Å². The van der Waals surface area contributed by atoms with Gasteiger partial charge in [-0.2, -0.15) is 0 Å². The number of hydrogen-bond donors (Lipinski definition) is 2. The maximum atomic E-state index is 13.1. The molecule has 0 bridgehead atoms. The summed E-state index contributed by atoms with van der Waals surface area (Å²) in [5.41, 5.74) is 2.00. The second-order valence-electron chi connectivity index (χ2n) is 6.11. The zero-order valence-electron chi connectivity index (χ0n) is 14.9. The molecule has 144 valence electrons. The van der Waals surface area contributed by atoms with Crippen molar-refractivity contribution in [1.82, 2.24) is 10.3 Å². The van der Waals surface area contributed by atoms with E-state index in [-0.39, 0.29) is 16.4 Å². The molecule has 0 fully saturated rings. The lowest BCUT2D eigenvalue weighted by atomic mass is 10.1. The number of benzene rings is 2. The molecule has 0 unspecified atom stereocenters. The van der Waals surface area contributed by atoms with Gasteiger partial charge in [0.2, 0.25) is 5.88 Å². The molecule has 2 aromatic carbocycles. The first-order valence-electron chi connectivity index (χ1n) is 8.62. The molecule has 0 saturated carbocycles. The van der Waals surface area contributed by atoms with Gasteiger partial charge in [-0.3, -0.25) is 0 Å². The molecular formula is C21H18ClFN2O3. The van der Waals surface area contributed by atoms with Gasteiger partial charge in [-0.05, 0) is 54.4 Å². The average molecular weight is 401 g/mol. The van der Waals surface area contributed by atoms with Gasteiger partial charge in [0.05, 0.1) is 10.6 Å². The number of halogens is 2. The second kappa shape index (κ2) is 9.30. The van der Waals surface area contributed by atoms with Crippen LogP contribution in [0.15, 0.2) is 60.8 Å². The highest BCUT2D eigenvalue weighted by Gasteiger charge is 2.09. The fourth-order valence-corrected chi connectivity index (χ4v) is 2.78. The van der Waals surface area contributed by atoms with Crippen LogP contribution in [0, 0.1) is 5.82 Å². The highest BCUT2D eigenvalue weighted by Crippen LogP contribution is 2.29. The molecular weight excluding hydrogens is 383 g/mol. The molecule has 3 aromatic rings. The maximum absolute atomic E-state index is 13.1. The number of nitrogens with one attached hydrogen (secondary N) is 1. The first kappa shape index (κ1) is 19.8. The van der Waals surface area contributed by atoms with Crippen molar-refractivity contribution in [2.45, 2.75) is 13.0 Å². The summed E-state index contributed by atoms with van der Waals surface area (Å²) in [6.07, 6.45) is 2.42. The molecule has 28 heavy (non-hydrogen) atoms. The van der Waals surface area contributed by atoms with Gasteiger partial charge in [0.15, 0.2) is 0 Å². The monoisotopic (exact) mass is 400 g/mol. The van der Waals surface area contributed by atoms with Gasteiger partial charge in [-0.25, -0.2) is 14.2 Å². The van der Waals surface area contributed by atoms with Crippen LogP contribution in [0.1, 0.15) is 21.5 Å². The van der Waals surface area contributed by atoms with Crippen molar-refractivity contribution >= 4 is 17.6 Å². The summed E-state index contributed by atoms with van der Waals surface area (Å²) in [7, 11) is 0. The number of nitrogens with zero attached hydrogens (tertiary/aromatic N) is 1. The van der Waals surface area contributed by atoms with Crippen LogP contribution in [-0.4, -0.2) is 22.6 Å². The average Bonchev–Trinajstić information content (AvgIpc) is 2.68. The van der Waals surface area contributed by atoms with Crippen LogP contribution in [0.25, 0.3) is 0 Å². The van der Waals surface area contributed by atoms with E-state index in [9.17, 15) is 9.18 Å². The summed E-state index contributed by atoms with van der Waals surface area (Å²) in [5.74, 6) is -0.593. The lowest BCUT2D eigenvalue weighted by Crippen LogP contribution is -2.16. The van der Waals surface area contributed by atoms with Crippen molar-refractivity contribution in [3.8, 4) is 11.6 Å². The Hall–Kier alpha value is -2.96. The number of carboxylic acid groups (broad SMARTS) is 1. The molecule has 2 N–H and O–H groups in total. The Morgan fingerprint density at radius 2 is 2.00 bits per heavy atom. The first-order chi connectivity index (χ1) is 13.5. The summed E-state index contributed by atoms with van der Waals surface area (Å²) in [6, 6.07) is 14.4. The Morgan fingerprint density at radius 3 is 2.68 bits per heavy atom. The lowest BCUT2D eigenvalue weighted by Gasteiger charge is -2.09. The van der Waals surface area contributed by atoms with Crippen molar-refractivity contribution in [1.29, 1.82) is 0 Å². The molecule has 0 saturated heterocycles. The van der Waals surface area contributed by atoms with Gasteiger partial charge < -0.3 is 15.2 Å². The van der Waals surface area contributed by atoms with E-state index in [1.54, 1.807) is 18.3 Å². The molecule has 0 aliphatic carbocycles. The molecule has 0 aliphatic rings. The number of carbonyl (C=O) groups is 1. The smallest absolute Gasteiger partial charge is 0.335 e. The highest BCUT2D eigenvalue weighted by molar-refractivity contribution is 6.32. The van der Waals surface area contributed by atoms with Crippen LogP contribution in [0.2, 0.25) is 5.02 Å². The van der Waals surface area contributed by atoms with E-state index in [2.05, 4.69) is 10.3 Å². The van der Waals surface area contributed by atoms with Gasteiger partial charge in [-0.1, -0.05) is 29.8 Å². The predicted octanol–water partition coefficient (Wildman–Crippen LogP) is 4.70. The minimum Gasteiger partial charge on any atom is -0.478 e. The Labute approximate surface area is 166 Å². The number of aromatic nitrogens is 1. The summed E-state index contributed by atoms with van der Waals surface area (Å²) in [6.45, 7) is 1.34. The molecule has 0 amide bonds. The van der Waals surface area contributed by atoms with Crippen LogP contribution < -0.4 is 10.1 Å². The largest absolute Gasteiger partial charge is 0.478 e. The SMILES string of the molecule is O=C(O)c1ccc(Oc2ccc(CNCCc3cccc(F)c3)cn2)c(Cl)c1. The van der Waals surface area contributed by atoms with Crippen LogP contribution in [0.4, 0.5) is 4.39 Å². The van der Waals surface area contributed by atoms with Gasteiger partial charge >= 0.3 is 5.97 Å². The lowest BCUT2D eigenvalue weighted by molar-refractivity contribution is 0.0697. The predicted molar refractivity (Wildman–Crippen MR) is 105 cm³/mol. The second-order valence-corrected chi connectivity index (χ2v) is 6.52. The molecule has 0 spiro atoms. The van der Waals surface area contributed by atoms with E-state index < -0.39 is 5.97 Å². The fourth-order valence-electron chi connectivity index (χ4n) is 2.56. The summed E-state index contributed by atoms with van der Waals surface area (Å²) >= 11 is 6.05. The zero-order chi connectivity index (χ0) is 19.9. The third kappa shape index (κ3) is 5.52. The minimum absolute atomic E-state index is 0.0879. The van der Waals surface area contributed by atoms with Crippen molar-refractivity contribution < 1.29 is 19.0 Å². The molecule has 0 radical (unpaired) electrons. The normalized spacial score (nSPS) is 10.6. The first-order valence-corrected chi connectivity index (χ1v) is 9.00. The number of carboxylic acids is 1. The van der Waals surface area contributed by atoms with Gasteiger partial charge in [0.1, 0.15) is 11.6 Å². The number of ether oxygens (including phenoxy) is 1. The van der Waals surface area contributed by atoms with Gasteiger partial charge in [0.25, 0.3) is 0 Å². The number of rotatable bonds is 8. The fraction of sp³-hybridized carbons (Fsp3) is 0.143. The third-order valence-electron chi connectivity index (χ3n) is 4.00. The standard InChI is InChI=1S/C21H18ClFN2O3/c22-18-11-16(21(26)27)5-6-19(18)28-20-7-4-15(13-25-20)12-24-9-8-14-2-1-3-17(23)10-14/h1-7,10-11,13,24H,8-9,12H2,(H,26,27). The third-order valence-corrected chi connectivity index (χ3v) is 4.29. The Balaban J connectivity index is 1.50. The number of pyridine rings is 1. The molecule has 1 aromatic heterocycles.